The summed E-state index contributed by atoms with van der Waals surface area (Å²) in [5.74, 6) is 0.318. The van der Waals surface area contributed by atoms with Gasteiger partial charge in [-0.2, -0.15) is 0 Å². The molecule has 0 saturated carbocycles. The quantitative estimate of drug-likeness (QED) is 0.836. The van der Waals surface area contributed by atoms with Gasteiger partial charge in [-0.1, -0.05) is 49.8 Å². The maximum Gasteiger partial charge on any atom is 0.222 e. The van der Waals surface area contributed by atoms with Crippen molar-refractivity contribution in [2.24, 2.45) is 0 Å². The fourth-order valence-electron chi connectivity index (χ4n) is 4.19. The number of carbonyl (C=O) groups is 1. The molecule has 3 heteroatoms. The number of amides is 1. The topological polar surface area (TPSA) is 23.6 Å². The Morgan fingerprint density at radius 2 is 1.92 bits per heavy atom. The highest BCUT2D eigenvalue weighted by molar-refractivity contribution is 5.75. The molecule has 24 heavy (non-hydrogen) atoms. The molecule has 1 aromatic carbocycles. The first-order valence-corrected chi connectivity index (χ1v) is 9.44. The van der Waals surface area contributed by atoms with Gasteiger partial charge in [0.05, 0.1) is 0 Å². The van der Waals surface area contributed by atoms with E-state index in [2.05, 4.69) is 53.1 Å². The van der Waals surface area contributed by atoms with E-state index in [-0.39, 0.29) is 0 Å². The molecular weight excluding hydrogens is 296 g/mol. The van der Waals surface area contributed by atoms with E-state index in [0.29, 0.717) is 24.4 Å². The maximum atomic E-state index is 12.2. The van der Waals surface area contributed by atoms with Gasteiger partial charge in [-0.15, -0.1) is 0 Å². The summed E-state index contributed by atoms with van der Waals surface area (Å²) in [5.41, 5.74) is 2.65. The Bertz CT molecular complexity index is 581. The van der Waals surface area contributed by atoms with Crippen LogP contribution in [0.15, 0.2) is 36.4 Å². The predicted molar refractivity (Wildman–Crippen MR) is 99.7 cm³/mol. The third-order valence-electron chi connectivity index (χ3n) is 5.67. The van der Waals surface area contributed by atoms with Crippen molar-refractivity contribution >= 4 is 11.5 Å². The molecule has 130 valence electrons. The molecule has 0 aliphatic carbocycles. The summed E-state index contributed by atoms with van der Waals surface area (Å²) in [5, 5.41) is 0. The molecule has 3 rings (SSSR count). The second kappa shape index (κ2) is 7.98. The molecule has 1 amide bonds. The molecule has 2 heterocycles. The highest BCUT2D eigenvalue weighted by Gasteiger charge is 2.34. The number of hydrogen-bond acceptors (Lipinski definition) is 2. The molecule has 0 N–H and O–H groups in total. The van der Waals surface area contributed by atoms with Gasteiger partial charge in [-0.05, 0) is 37.3 Å². The summed E-state index contributed by atoms with van der Waals surface area (Å²) in [4.78, 5) is 16.9. The largest absolute Gasteiger partial charge is 0.341 e. The highest BCUT2D eigenvalue weighted by atomic mass is 16.2. The van der Waals surface area contributed by atoms with Crippen LogP contribution in [-0.2, 0) is 4.79 Å². The lowest BCUT2D eigenvalue weighted by Crippen LogP contribution is -2.48. The average Bonchev–Trinajstić information content (AvgIpc) is 2.72. The molecule has 2 fully saturated rings. The number of allylic oxidation sites excluding steroid dienone is 1. The van der Waals surface area contributed by atoms with Crippen molar-refractivity contribution in [1.29, 1.82) is 0 Å². The molecule has 0 aromatic heterocycles. The summed E-state index contributed by atoms with van der Waals surface area (Å²) in [6.45, 7) is 7.04. The normalized spacial score (nSPS) is 25.4. The Morgan fingerprint density at radius 1 is 1.17 bits per heavy atom. The SMILES string of the molecule is CCC(=O)N1CCC2CCCC(C1)N2CC=C(C)c1ccccc1. The van der Waals surface area contributed by atoms with E-state index >= 15 is 0 Å². The number of rotatable bonds is 4. The van der Waals surface area contributed by atoms with Crippen LogP contribution in [0.5, 0.6) is 0 Å². The number of nitrogens with zero attached hydrogens (tertiary/aromatic N) is 2. The molecule has 2 saturated heterocycles. The van der Waals surface area contributed by atoms with E-state index in [1.807, 2.05) is 6.92 Å². The Kier molecular flexibility index (Phi) is 5.72. The van der Waals surface area contributed by atoms with Crippen LogP contribution in [0.25, 0.3) is 5.57 Å². The lowest BCUT2D eigenvalue weighted by atomic mass is 9.94. The number of hydrogen-bond donors (Lipinski definition) is 0. The van der Waals surface area contributed by atoms with Gasteiger partial charge >= 0.3 is 0 Å². The average molecular weight is 326 g/mol. The minimum atomic E-state index is 0.318. The number of piperidine rings is 1. The minimum Gasteiger partial charge on any atom is -0.341 e. The zero-order chi connectivity index (χ0) is 16.9. The summed E-state index contributed by atoms with van der Waals surface area (Å²) in [6, 6.07) is 11.8. The van der Waals surface area contributed by atoms with Crippen LogP contribution in [0.3, 0.4) is 0 Å². The van der Waals surface area contributed by atoms with E-state index in [1.165, 1.54) is 30.4 Å². The summed E-state index contributed by atoms with van der Waals surface area (Å²) in [6.07, 6.45) is 7.94. The number of fused-ring (bicyclic) bond motifs is 2. The number of benzene rings is 1. The maximum absolute atomic E-state index is 12.2. The second-order valence-electron chi connectivity index (χ2n) is 7.17. The van der Waals surface area contributed by atoms with Gasteiger partial charge in [0.25, 0.3) is 0 Å². The van der Waals surface area contributed by atoms with Crippen molar-refractivity contribution in [3.63, 3.8) is 0 Å². The summed E-state index contributed by atoms with van der Waals surface area (Å²) in [7, 11) is 0. The van der Waals surface area contributed by atoms with Crippen molar-refractivity contribution in [1.82, 2.24) is 9.80 Å². The molecule has 2 aliphatic heterocycles. The Balaban J connectivity index is 1.71. The molecule has 2 unspecified atom stereocenters. The van der Waals surface area contributed by atoms with Gasteiger partial charge in [0.15, 0.2) is 0 Å². The van der Waals surface area contributed by atoms with Crippen LogP contribution in [0.2, 0.25) is 0 Å². The van der Waals surface area contributed by atoms with Crippen LogP contribution >= 0.6 is 0 Å². The van der Waals surface area contributed by atoms with Gasteiger partial charge in [-0.3, -0.25) is 9.69 Å². The van der Waals surface area contributed by atoms with Crippen LogP contribution in [0, 0.1) is 0 Å². The molecule has 2 atom stereocenters. The highest BCUT2D eigenvalue weighted by Crippen LogP contribution is 2.29. The van der Waals surface area contributed by atoms with Crippen molar-refractivity contribution < 1.29 is 4.79 Å². The standard InChI is InChI=1S/C21H30N2O/c1-3-21(24)22-14-13-19-10-7-11-20(16-22)23(19)15-12-17(2)18-8-5-4-6-9-18/h4-6,8-9,12,19-20H,3,7,10-11,13-16H2,1-2H3. The van der Waals surface area contributed by atoms with Crippen LogP contribution in [0.1, 0.15) is 51.5 Å². The van der Waals surface area contributed by atoms with Crippen LogP contribution in [-0.4, -0.2) is 47.4 Å². The van der Waals surface area contributed by atoms with Gasteiger partial charge < -0.3 is 4.90 Å². The van der Waals surface area contributed by atoms with Crippen LogP contribution in [0.4, 0.5) is 0 Å². The lowest BCUT2D eigenvalue weighted by Gasteiger charge is -2.40. The van der Waals surface area contributed by atoms with Gasteiger partial charge in [0, 0.05) is 38.1 Å². The van der Waals surface area contributed by atoms with Gasteiger partial charge in [-0.25, -0.2) is 0 Å². The zero-order valence-corrected chi connectivity index (χ0v) is 15.1. The fourth-order valence-corrected chi connectivity index (χ4v) is 4.19. The third-order valence-corrected chi connectivity index (χ3v) is 5.67. The lowest BCUT2D eigenvalue weighted by molar-refractivity contribution is -0.131. The molecule has 0 radical (unpaired) electrons. The molecule has 1 aromatic rings. The van der Waals surface area contributed by atoms with E-state index in [9.17, 15) is 4.79 Å². The summed E-state index contributed by atoms with van der Waals surface area (Å²) < 4.78 is 0. The van der Waals surface area contributed by atoms with Crippen molar-refractivity contribution in [2.75, 3.05) is 19.6 Å². The zero-order valence-electron chi connectivity index (χ0n) is 15.1. The minimum absolute atomic E-state index is 0.318. The van der Waals surface area contributed by atoms with E-state index in [0.717, 1.165) is 26.1 Å². The second-order valence-corrected chi connectivity index (χ2v) is 7.17. The molecule has 0 spiro atoms. The predicted octanol–water partition coefficient (Wildman–Crippen LogP) is 3.96. The van der Waals surface area contributed by atoms with Crippen molar-refractivity contribution in [3.05, 3.63) is 42.0 Å². The summed E-state index contributed by atoms with van der Waals surface area (Å²) >= 11 is 0. The molecule has 2 bridgehead atoms. The van der Waals surface area contributed by atoms with Crippen molar-refractivity contribution in [3.8, 4) is 0 Å². The fraction of sp³-hybridized carbons (Fsp3) is 0.571. The van der Waals surface area contributed by atoms with Gasteiger partial charge in [0.2, 0.25) is 5.91 Å². The molecule has 3 nitrogen and oxygen atoms in total. The van der Waals surface area contributed by atoms with E-state index in [1.54, 1.807) is 0 Å². The van der Waals surface area contributed by atoms with E-state index < -0.39 is 0 Å². The van der Waals surface area contributed by atoms with E-state index in [4.69, 9.17) is 0 Å². The monoisotopic (exact) mass is 326 g/mol. The Labute approximate surface area is 146 Å². The first-order chi connectivity index (χ1) is 11.7. The third kappa shape index (κ3) is 3.89. The number of carbonyl (C=O) groups excluding carboxylic acids is 1. The Hall–Kier alpha value is -1.61. The van der Waals surface area contributed by atoms with Crippen molar-refractivity contribution in [2.45, 2.75) is 58.0 Å². The first kappa shape index (κ1) is 17.2. The Morgan fingerprint density at radius 3 is 2.67 bits per heavy atom. The smallest absolute Gasteiger partial charge is 0.222 e. The van der Waals surface area contributed by atoms with Gasteiger partial charge in [0.1, 0.15) is 0 Å². The first-order valence-electron chi connectivity index (χ1n) is 9.44. The molecule has 2 aliphatic rings. The van der Waals surface area contributed by atoms with Crippen LogP contribution < -0.4 is 0 Å². The molecular formula is C21H30N2O.